The van der Waals surface area contributed by atoms with E-state index in [9.17, 15) is 0 Å². The fourth-order valence-corrected chi connectivity index (χ4v) is 1.50. The maximum absolute atomic E-state index is 5.77. The zero-order valence-corrected chi connectivity index (χ0v) is 10.0. The van der Waals surface area contributed by atoms with Crippen LogP contribution in [0.25, 0.3) is 0 Å². The molecule has 2 N–H and O–H groups in total. The van der Waals surface area contributed by atoms with Crippen LogP contribution in [0.2, 0.25) is 0 Å². The van der Waals surface area contributed by atoms with Gasteiger partial charge in [0, 0.05) is 6.54 Å². The Hall–Kier alpha value is -0.740. The second-order valence-corrected chi connectivity index (χ2v) is 4.16. The molecule has 0 atom stereocenters. The van der Waals surface area contributed by atoms with Crippen molar-refractivity contribution in [2.45, 2.75) is 0 Å². The molecule has 0 aliphatic rings. The smallest absolute Gasteiger partial charge is 0.156 e. The van der Waals surface area contributed by atoms with Crippen molar-refractivity contribution in [2.24, 2.45) is 0 Å². The van der Waals surface area contributed by atoms with E-state index in [1.54, 1.807) is 0 Å². The monoisotopic (exact) mass is 258 g/mol. The quantitative estimate of drug-likeness (QED) is 0.840. The van der Waals surface area contributed by atoms with Crippen molar-refractivity contribution in [3.63, 3.8) is 0 Å². The third kappa shape index (κ3) is 3.20. The first-order valence-electron chi connectivity index (χ1n) is 4.43. The number of rotatable bonds is 4. The Bertz CT molecular complexity index is 282. The number of halogens is 1. The standard InChI is InChI=1S/C10H15BrN2O/c1-13(2)6-7-14-10-8(11)4-3-5-9(10)12/h3-5H,6-7,12H2,1-2H3. The molecule has 0 aromatic heterocycles. The van der Waals surface area contributed by atoms with Gasteiger partial charge in [-0.15, -0.1) is 0 Å². The highest BCUT2D eigenvalue weighted by atomic mass is 79.9. The molecule has 0 aliphatic carbocycles. The SMILES string of the molecule is CN(C)CCOc1c(N)cccc1Br. The second kappa shape index (κ2) is 5.22. The van der Waals surface area contributed by atoms with Crippen molar-refractivity contribution in [2.75, 3.05) is 33.0 Å². The summed E-state index contributed by atoms with van der Waals surface area (Å²) in [6.45, 7) is 1.51. The van der Waals surface area contributed by atoms with E-state index in [1.807, 2.05) is 32.3 Å². The van der Waals surface area contributed by atoms with Gasteiger partial charge in [-0.2, -0.15) is 0 Å². The van der Waals surface area contributed by atoms with Gasteiger partial charge >= 0.3 is 0 Å². The first kappa shape index (κ1) is 11.3. The molecule has 3 nitrogen and oxygen atoms in total. The highest BCUT2D eigenvalue weighted by Gasteiger charge is 2.04. The molecule has 78 valence electrons. The van der Waals surface area contributed by atoms with Crippen LogP contribution in [-0.4, -0.2) is 32.1 Å². The lowest BCUT2D eigenvalue weighted by atomic mass is 10.3. The van der Waals surface area contributed by atoms with Crippen LogP contribution in [0.5, 0.6) is 5.75 Å². The molecule has 0 bridgehead atoms. The Morgan fingerprint density at radius 3 is 2.71 bits per heavy atom. The highest BCUT2D eigenvalue weighted by molar-refractivity contribution is 9.10. The number of para-hydroxylation sites is 1. The zero-order valence-electron chi connectivity index (χ0n) is 8.46. The van der Waals surface area contributed by atoms with Crippen molar-refractivity contribution in [3.05, 3.63) is 22.7 Å². The van der Waals surface area contributed by atoms with E-state index in [-0.39, 0.29) is 0 Å². The number of benzene rings is 1. The molecule has 0 unspecified atom stereocenters. The van der Waals surface area contributed by atoms with Crippen LogP contribution in [0.3, 0.4) is 0 Å². The summed E-state index contributed by atoms with van der Waals surface area (Å²) >= 11 is 3.40. The number of hydrogen-bond donors (Lipinski definition) is 1. The Balaban J connectivity index is 2.58. The zero-order chi connectivity index (χ0) is 10.6. The van der Waals surface area contributed by atoms with Gasteiger partial charge in [0.25, 0.3) is 0 Å². The lowest BCUT2D eigenvalue weighted by Gasteiger charge is -2.13. The number of nitrogen functional groups attached to an aromatic ring is 1. The summed E-state index contributed by atoms with van der Waals surface area (Å²) in [7, 11) is 4.01. The van der Waals surface area contributed by atoms with E-state index < -0.39 is 0 Å². The molecule has 0 saturated heterocycles. The minimum Gasteiger partial charge on any atom is -0.489 e. The summed E-state index contributed by atoms with van der Waals surface area (Å²) in [5.41, 5.74) is 6.43. The second-order valence-electron chi connectivity index (χ2n) is 3.31. The minimum absolute atomic E-state index is 0.639. The molecule has 1 aromatic carbocycles. The molecule has 0 radical (unpaired) electrons. The summed E-state index contributed by atoms with van der Waals surface area (Å²) in [5.74, 6) is 0.731. The predicted molar refractivity (Wildman–Crippen MR) is 62.6 cm³/mol. The van der Waals surface area contributed by atoms with Crippen LogP contribution in [0, 0.1) is 0 Å². The van der Waals surface area contributed by atoms with Gasteiger partial charge in [-0.1, -0.05) is 6.07 Å². The van der Waals surface area contributed by atoms with Gasteiger partial charge in [0.2, 0.25) is 0 Å². The molecule has 0 fully saturated rings. The minimum atomic E-state index is 0.639. The topological polar surface area (TPSA) is 38.5 Å². The molecular formula is C10H15BrN2O. The largest absolute Gasteiger partial charge is 0.489 e. The van der Waals surface area contributed by atoms with E-state index in [0.717, 1.165) is 16.8 Å². The van der Waals surface area contributed by atoms with Gasteiger partial charge in [-0.3, -0.25) is 0 Å². The first-order chi connectivity index (χ1) is 6.61. The molecule has 14 heavy (non-hydrogen) atoms. The van der Waals surface area contributed by atoms with Crippen LogP contribution in [0.15, 0.2) is 22.7 Å². The Morgan fingerprint density at radius 1 is 1.43 bits per heavy atom. The third-order valence-electron chi connectivity index (χ3n) is 1.78. The van der Waals surface area contributed by atoms with E-state index >= 15 is 0 Å². The number of hydrogen-bond acceptors (Lipinski definition) is 3. The van der Waals surface area contributed by atoms with E-state index in [0.29, 0.717) is 12.3 Å². The van der Waals surface area contributed by atoms with Crippen molar-refractivity contribution >= 4 is 21.6 Å². The molecule has 1 aromatic rings. The maximum Gasteiger partial charge on any atom is 0.156 e. The summed E-state index contributed by atoms with van der Waals surface area (Å²) in [4.78, 5) is 2.06. The molecule has 1 rings (SSSR count). The highest BCUT2D eigenvalue weighted by Crippen LogP contribution is 2.30. The molecule has 0 aliphatic heterocycles. The van der Waals surface area contributed by atoms with Crippen LogP contribution in [0.1, 0.15) is 0 Å². The molecule has 0 heterocycles. The Morgan fingerprint density at radius 2 is 2.14 bits per heavy atom. The average molecular weight is 259 g/mol. The lowest BCUT2D eigenvalue weighted by Crippen LogP contribution is -2.19. The van der Waals surface area contributed by atoms with Crippen LogP contribution < -0.4 is 10.5 Å². The van der Waals surface area contributed by atoms with Gasteiger partial charge in [-0.25, -0.2) is 0 Å². The molecule has 4 heteroatoms. The molecule has 0 spiro atoms. The van der Waals surface area contributed by atoms with Crippen molar-refractivity contribution in [1.82, 2.24) is 4.90 Å². The summed E-state index contributed by atoms with van der Waals surface area (Å²) in [5, 5.41) is 0. The Kier molecular flexibility index (Phi) is 4.22. The number of nitrogens with two attached hydrogens (primary N) is 1. The predicted octanol–water partition coefficient (Wildman–Crippen LogP) is 1.97. The average Bonchev–Trinajstić information content (AvgIpc) is 2.09. The number of anilines is 1. The summed E-state index contributed by atoms with van der Waals surface area (Å²) in [6.07, 6.45) is 0. The number of ether oxygens (including phenoxy) is 1. The fraction of sp³-hybridized carbons (Fsp3) is 0.400. The maximum atomic E-state index is 5.77. The van der Waals surface area contributed by atoms with Crippen molar-refractivity contribution in [1.29, 1.82) is 0 Å². The van der Waals surface area contributed by atoms with Gasteiger partial charge in [0.1, 0.15) is 6.61 Å². The van der Waals surface area contributed by atoms with E-state index in [4.69, 9.17) is 10.5 Å². The third-order valence-corrected chi connectivity index (χ3v) is 2.41. The summed E-state index contributed by atoms with van der Waals surface area (Å²) < 4.78 is 6.46. The molecule has 0 saturated carbocycles. The van der Waals surface area contributed by atoms with Crippen LogP contribution >= 0.6 is 15.9 Å². The summed E-state index contributed by atoms with van der Waals surface area (Å²) in [6, 6.07) is 5.63. The normalized spacial score (nSPS) is 10.6. The lowest BCUT2D eigenvalue weighted by molar-refractivity contribution is 0.261. The van der Waals surface area contributed by atoms with Crippen molar-refractivity contribution in [3.8, 4) is 5.75 Å². The van der Waals surface area contributed by atoms with Crippen LogP contribution in [0.4, 0.5) is 5.69 Å². The van der Waals surface area contributed by atoms with Gasteiger partial charge < -0.3 is 15.4 Å². The van der Waals surface area contributed by atoms with Gasteiger partial charge in [0.05, 0.1) is 10.2 Å². The molecule has 0 amide bonds. The number of nitrogens with zero attached hydrogens (tertiary/aromatic N) is 1. The van der Waals surface area contributed by atoms with E-state index in [1.165, 1.54) is 0 Å². The first-order valence-corrected chi connectivity index (χ1v) is 5.22. The van der Waals surface area contributed by atoms with Gasteiger partial charge in [0.15, 0.2) is 5.75 Å². The van der Waals surface area contributed by atoms with E-state index in [2.05, 4.69) is 20.8 Å². The van der Waals surface area contributed by atoms with Gasteiger partial charge in [-0.05, 0) is 42.2 Å². The van der Waals surface area contributed by atoms with Crippen molar-refractivity contribution < 1.29 is 4.74 Å². The molecular weight excluding hydrogens is 244 g/mol. The van der Waals surface area contributed by atoms with Crippen LogP contribution in [-0.2, 0) is 0 Å². The number of likely N-dealkylation sites (N-methyl/N-ethyl adjacent to an activating group) is 1. The fourth-order valence-electron chi connectivity index (χ4n) is 1.01. The Labute approximate surface area is 93.0 Å².